The molecule has 0 spiro atoms. The molecular formula is C16H16FN3O3. The van der Waals surface area contributed by atoms with Gasteiger partial charge < -0.3 is 19.9 Å². The van der Waals surface area contributed by atoms with Crippen LogP contribution in [-0.4, -0.2) is 47.1 Å². The summed E-state index contributed by atoms with van der Waals surface area (Å²) in [6.07, 6.45) is 1.21. The number of aromatic hydroxyl groups is 1. The van der Waals surface area contributed by atoms with E-state index in [4.69, 9.17) is 0 Å². The summed E-state index contributed by atoms with van der Waals surface area (Å²) in [7, 11) is 0. The quantitative estimate of drug-likeness (QED) is 0.872. The van der Waals surface area contributed by atoms with E-state index in [9.17, 15) is 19.1 Å². The van der Waals surface area contributed by atoms with E-state index in [0.29, 0.717) is 31.9 Å². The molecule has 2 heterocycles. The predicted molar refractivity (Wildman–Crippen MR) is 83.2 cm³/mol. The number of halogens is 1. The summed E-state index contributed by atoms with van der Waals surface area (Å²) in [5, 5.41) is 9.73. The Kier molecular flexibility index (Phi) is 4.01. The molecule has 1 amide bonds. The van der Waals surface area contributed by atoms with Crippen LogP contribution >= 0.6 is 0 Å². The molecule has 2 aromatic rings. The number of hydrogen-bond acceptors (Lipinski definition) is 4. The lowest BCUT2D eigenvalue weighted by molar-refractivity contribution is 0.0743. The Hall–Kier alpha value is -2.83. The number of H-pyrrole nitrogens is 1. The van der Waals surface area contributed by atoms with Crippen molar-refractivity contribution in [2.75, 3.05) is 31.1 Å². The van der Waals surface area contributed by atoms with E-state index in [1.54, 1.807) is 23.1 Å². The van der Waals surface area contributed by atoms with Crippen molar-refractivity contribution in [2.24, 2.45) is 0 Å². The number of aromatic amines is 1. The van der Waals surface area contributed by atoms with E-state index in [1.165, 1.54) is 12.3 Å². The monoisotopic (exact) mass is 317 g/mol. The average molecular weight is 317 g/mol. The van der Waals surface area contributed by atoms with Crippen LogP contribution in [-0.2, 0) is 0 Å². The molecular weight excluding hydrogens is 301 g/mol. The molecule has 1 aromatic carbocycles. The summed E-state index contributed by atoms with van der Waals surface area (Å²) in [5.41, 5.74) is 0.110. The molecule has 7 heteroatoms. The molecule has 0 aliphatic carbocycles. The molecule has 0 bridgehead atoms. The van der Waals surface area contributed by atoms with Crippen molar-refractivity contribution in [2.45, 2.75) is 0 Å². The number of nitrogens with one attached hydrogen (secondary N) is 1. The van der Waals surface area contributed by atoms with Gasteiger partial charge in [-0.15, -0.1) is 0 Å². The third-order valence-corrected chi connectivity index (χ3v) is 3.89. The van der Waals surface area contributed by atoms with Crippen LogP contribution < -0.4 is 10.5 Å². The molecule has 1 aliphatic rings. The Morgan fingerprint density at radius 1 is 1.17 bits per heavy atom. The summed E-state index contributed by atoms with van der Waals surface area (Å²) in [4.78, 5) is 29.3. The van der Waals surface area contributed by atoms with Crippen molar-refractivity contribution >= 4 is 11.6 Å². The maximum absolute atomic E-state index is 13.8. The Morgan fingerprint density at radius 2 is 1.87 bits per heavy atom. The molecule has 120 valence electrons. The molecule has 2 N–H and O–H groups in total. The first-order valence-electron chi connectivity index (χ1n) is 7.27. The Balaban J connectivity index is 1.70. The number of amides is 1. The van der Waals surface area contributed by atoms with Crippen molar-refractivity contribution in [1.29, 1.82) is 0 Å². The van der Waals surface area contributed by atoms with Crippen molar-refractivity contribution in [3.05, 3.63) is 58.3 Å². The fourth-order valence-electron chi connectivity index (χ4n) is 2.66. The fourth-order valence-corrected chi connectivity index (χ4v) is 2.66. The molecule has 0 saturated carbocycles. The van der Waals surface area contributed by atoms with E-state index in [2.05, 4.69) is 4.98 Å². The molecule has 3 rings (SSSR count). The zero-order chi connectivity index (χ0) is 16.4. The molecule has 0 unspecified atom stereocenters. The number of anilines is 1. The van der Waals surface area contributed by atoms with Gasteiger partial charge in [0.05, 0.1) is 11.3 Å². The van der Waals surface area contributed by atoms with Crippen LogP contribution in [0.1, 0.15) is 10.4 Å². The topological polar surface area (TPSA) is 76.6 Å². The second-order valence-electron chi connectivity index (χ2n) is 5.33. The zero-order valence-corrected chi connectivity index (χ0v) is 12.3. The van der Waals surface area contributed by atoms with Crippen LogP contribution in [0.15, 0.2) is 41.3 Å². The highest BCUT2D eigenvalue weighted by molar-refractivity contribution is 5.96. The van der Waals surface area contributed by atoms with Gasteiger partial charge in [-0.05, 0) is 12.1 Å². The van der Waals surface area contributed by atoms with Crippen LogP contribution in [0.3, 0.4) is 0 Å². The van der Waals surface area contributed by atoms with Gasteiger partial charge in [0.2, 0.25) is 0 Å². The molecule has 1 aromatic heterocycles. The number of nitrogens with zero attached hydrogens (tertiary/aromatic N) is 2. The van der Waals surface area contributed by atoms with Crippen molar-refractivity contribution in [3.63, 3.8) is 0 Å². The highest BCUT2D eigenvalue weighted by atomic mass is 19.1. The number of pyridine rings is 1. The lowest BCUT2D eigenvalue weighted by Gasteiger charge is -2.36. The Bertz CT molecular complexity index is 782. The summed E-state index contributed by atoms with van der Waals surface area (Å²) < 4.78 is 13.8. The number of hydrogen-bond donors (Lipinski definition) is 2. The van der Waals surface area contributed by atoms with E-state index in [0.717, 1.165) is 6.07 Å². The number of carbonyl (C=O) groups is 1. The van der Waals surface area contributed by atoms with Crippen LogP contribution in [0.25, 0.3) is 0 Å². The van der Waals surface area contributed by atoms with Gasteiger partial charge in [0.1, 0.15) is 11.6 Å². The predicted octanol–water partition coefficient (Wildman–Crippen LogP) is 1.18. The van der Waals surface area contributed by atoms with E-state index >= 15 is 0 Å². The SMILES string of the molecule is O=C(c1c[nH]c(=O)cc1O)N1CCN(c2ccccc2F)CC1. The number of benzene rings is 1. The van der Waals surface area contributed by atoms with Crippen molar-refractivity contribution < 1.29 is 14.3 Å². The molecule has 6 nitrogen and oxygen atoms in total. The zero-order valence-electron chi connectivity index (χ0n) is 12.3. The van der Waals surface area contributed by atoms with Gasteiger partial charge in [0, 0.05) is 38.4 Å². The number of para-hydroxylation sites is 1. The molecule has 1 saturated heterocycles. The Morgan fingerprint density at radius 3 is 2.52 bits per heavy atom. The number of aromatic nitrogens is 1. The van der Waals surface area contributed by atoms with Gasteiger partial charge in [-0.2, -0.15) is 0 Å². The van der Waals surface area contributed by atoms with Crippen LogP contribution in [0, 0.1) is 5.82 Å². The van der Waals surface area contributed by atoms with Crippen molar-refractivity contribution in [3.8, 4) is 5.75 Å². The minimum absolute atomic E-state index is 0.0592. The summed E-state index contributed by atoms with van der Waals surface area (Å²) in [5.74, 6) is -0.979. The van der Waals surface area contributed by atoms with Gasteiger partial charge in [0.15, 0.2) is 0 Å². The first-order chi connectivity index (χ1) is 11.1. The standard InChI is InChI=1S/C16H16FN3O3/c17-12-3-1-2-4-13(12)19-5-7-20(8-6-19)16(23)11-10-18-15(22)9-14(11)21/h1-4,9-10H,5-8H2,(H2,18,21,22). The summed E-state index contributed by atoms with van der Waals surface area (Å²) in [6, 6.07) is 7.50. The first kappa shape index (κ1) is 15.1. The number of piperazine rings is 1. The van der Waals surface area contributed by atoms with E-state index in [-0.39, 0.29) is 23.0 Å². The largest absolute Gasteiger partial charge is 0.507 e. The summed E-state index contributed by atoms with van der Waals surface area (Å²) in [6.45, 7) is 1.81. The molecule has 0 radical (unpaired) electrons. The van der Waals surface area contributed by atoms with Gasteiger partial charge in [-0.1, -0.05) is 12.1 Å². The number of carbonyl (C=O) groups excluding carboxylic acids is 1. The maximum Gasteiger partial charge on any atom is 0.259 e. The number of rotatable bonds is 2. The van der Waals surface area contributed by atoms with Gasteiger partial charge in [-0.25, -0.2) is 4.39 Å². The highest BCUT2D eigenvalue weighted by Crippen LogP contribution is 2.21. The lowest BCUT2D eigenvalue weighted by Crippen LogP contribution is -2.49. The molecule has 0 atom stereocenters. The molecule has 23 heavy (non-hydrogen) atoms. The van der Waals surface area contributed by atoms with E-state index in [1.807, 2.05) is 4.90 Å². The second-order valence-corrected chi connectivity index (χ2v) is 5.33. The van der Waals surface area contributed by atoms with E-state index < -0.39 is 5.56 Å². The smallest absolute Gasteiger partial charge is 0.259 e. The minimum Gasteiger partial charge on any atom is -0.507 e. The third kappa shape index (κ3) is 3.03. The molecule has 1 fully saturated rings. The second kappa shape index (κ2) is 6.12. The summed E-state index contributed by atoms with van der Waals surface area (Å²) >= 11 is 0. The maximum atomic E-state index is 13.8. The highest BCUT2D eigenvalue weighted by Gasteiger charge is 2.25. The molecule has 1 aliphatic heterocycles. The van der Waals surface area contributed by atoms with Gasteiger partial charge >= 0.3 is 0 Å². The lowest BCUT2D eigenvalue weighted by atomic mass is 10.2. The normalized spacial score (nSPS) is 14.8. The van der Waals surface area contributed by atoms with Crippen molar-refractivity contribution in [1.82, 2.24) is 9.88 Å². The minimum atomic E-state index is -0.469. The average Bonchev–Trinajstić information content (AvgIpc) is 2.55. The van der Waals surface area contributed by atoms with Crippen LogP contribution in [0.4, 0.5) is 10.1 Å². The third-order valence-electron chi connectivity index (χ3n) is 3.89. The van der Waals surface area contributed by atoms with Crippen LogP contribution in [0.5, 0.6) is 5.75 Å². The first-order valence-corrected chi connectivity index (χ1v) is 7.27. The fraction of sp³-hybridized carbons (Fsp3) is 0.250. The Labute approximate surface area is 131 Å². The van der Waals surface area contributed by atoms with Crippen LogP contribution in [0.2, 0.25) is 0 Å². The van der Waals surface area contributed by atoms with Gasteiger partial charge in [-0.3, -0.25) is 9.59 Å². The van der Waals surface area contributed by atoms with Gasteiger partial charge in [0.25, 0.3) is 11.5 Å².